The second-order valence-electron chi connectivity index (χ2n) is 5.44. The molecule has 1 amide bonds. The lowest BCUT2D eigenvalue weighted by Crippen LogP contribution is -2.46. The summed E-state index contributed by atoms with van der Waals surface area (Å²) in [7, 11) is 0. The van der Waals surface area contributed by atoms with Gasteiger partial charge in [-0.1, -0.05) is 30.7 Å². The minimum atomic E-state index is -0.155. The molecular weight excluding hydrogens is 260 g/mol. The van der Waals surface area contributed by atoms with Crippen molar-refractivity contribution in [3.05, 3.63) is 34.9 Å². The number of hydrogen-bond acceptors (Lipinski definition) is 2. The monoisotopic (exact) mass is 282 g/mol. The van der Waals surface area contributed by atoms with Crippen molar-refractivity contribution in [2.24, 2.45) is 0 Å². The molecule has 0 aliphatic heterocycles. The second-order valence-corrected chi connectivity index (χ2v) is 5.88. The van der Waals surface area contributed by atoms with Crippen LogP contribution in [0.3, 0.4) is 0 Å². The minimum Gasteiger partial charge on any atom is -0.350 e. The van der Waals surface area contributed by atoms with E-state index in [0.717, 1.165) is 12.0 Å². The summed E-state index contributed by atoms with van der Waals surface area (Å²) in [6, 6.07) is 7.75. The van der Waals surface area contributed by atoms with Crippen LogP contribution >= 0.6 is 11.6 Å². The van der Waals surface area contributed by atoms with Gasteiger partial charge in [-0.3, -0.25) is 4.79 Å². The Balaban J connectivity index is 2.46. The number of nitrogens with one attached hydrogen (secondary N) is 2. The topological polar surface area (TPSA) is 41.1 Å². The predicted octanol–water partition coefficient (Wildman–Crippen LogP) is 3.30. The average molecular weight is 283 g/mol. The fourth-order valence-electron chi connectivity index (χ4n) is 1.65. The van der Waals surface area contributed by atoms with Gasteiger partial charge in [-0.15, -0.1) is 0 Å². The van der Waals surface area contributed by atoms with Crippen molar-refractivity contribution in [2.45, 2.75) is 45.7 Å². The molecule has 3 nitrogen and oxygen atoms in total. The summed E-state index contributed by atoms with van der Waals surface area (Å²) in [5.41, 5.74) is 0.924. The van der Waals surface area contributed by atoms with Crippen LogP contribution in [0.1, 0.15) is 45.7 Å². The molecule has 0 heterocycles. The Morgan fingerprint density at radius 2 is 2.11 bits per heavy atom. The molecule has 0 spiro atoms. The number of carbonyl (C=O) groups is 1. The molecule has 0 aromatic heterocycles. The van der Waals surface area contributed by atoms with Crippen LogP contribution in [0, 0.1) is 0 Å². The van der Waals surface area contributed by atoms with Gasteiger partial charge in [0.15, 0.2) is 0 Å². The van der Waals surface area contributed by atoms with Gasteiger partial charge in [0, 0.05) is 16.6 Å². The molecular formula is C15H23ClN2O. The van der Waals surface area contributed by atoms with Crippen LogP contribution in [-0.4, -0.2) is 18.0 Å². The Bertz CT molecular complexity index is 432. The van der Waals surface area contributed by atoms with Crippen LogP contribution in [-0.2, 0) is 4.79 Å². The van der Waals surface area contributed by atoms with Crippen molar-refractivity contribution in [1.82, 2.24) is 10.6 Å². The van der Waals surface area contributed by atoms with Gasteiger partial charge in [-0.25, -0.2) is 0 Å². The molecule has 4 heteroatoms. The van der Waals surface area contributed by atoms with Gasteiger partial charge < -0.3 is 10.6 Å². The molecule has 106 valence electrons. The molecule has 1 aromatic rings. The van der Waals surface area contributed by atoms with Crippen molar-refractivity contribution in [1.29, 1.82) is 0 Å². The summed E-state index contributed by atoms with van der Waals surface area (Å²) >= 11 is 5.95. The molecule has 1 rings (SSSR count). The zero-order valence-corrected chi connectivity index (χ0v) is 12.8. The Hall–Kier alpha value is -1.06. The largest absolute Gasteiger partial charge is 0.350 e. The number of benzene rings is 1. The molecule has 0 saturated carbocycles. The quantitative estimate of drug-likeness (QED) is 0.841. The number of hydrogen-bond donors (Lipinski definition) is 2. The number of carbonyl (C=O) groups excluding carboxylic acids is 1. The van der Waals surface area contributed by atoms with E-state index in [4.69, 9.17) is 11.6 Å². The maximum absolute atomic E-state index is 11.8. The number of rotatable bonds is 6. The number of amides is 1. The maximum Gasteiger partial charge on any atom is 0.234 e. The molecule has 1 aromatic carbocycles. The summed E-state index contributed by atoms with van der Waals surface area (Å²) in [4.78, 5) is 11.8. The van der Waals surface area contributed by atoms with Gasteiger partial charge in [0.1, 0.15) is 0 Å². The van der Waals surface area contributed by atoms with E-state index < -0.39 is 0 Å². The zero-order valence-electron chi connectivity index (χ0n) is 12.1. The molecule has 0 saturated heterocycles. The van der Waals surface area contributed by atoms with E-state index in [1.54, 1.807) is 0 Å². The lowest BCUT2D eigenvalue weighted by molar-refractivity contribution is -0.122. The first kappa shape index (κ1) is 16.0. The van der Waals surface area contributed by atoms with E-state index in [1.807, 2.05) is 45.0 Å². The lowest BCUT2D eigenvalue weighted by atomic mass is 10.0. The predicted molar refractivity (Wildman–Crippen MR) is 80.4 cm³/mol. The highest BCUT2D eigenvalue weighted by atomic mass is 35.5. The molecule has 0 unspecified atom stereocenters. The van der Waals surface area contributed by atoms with E-state index in [0.29, 0.717) is 11.6 Å². The van der Waals surface area contributed by atoms with E-state index in [-0.39, 0.29) is 17.5 Å². The Morgan fingerprint density at radius 1 is 1.42 bits per heavy atom. The Labute approximate surface area is 120 Å². The molecule has 0 fully saturated rings. The van der Waals surface area contributed by atoms with E-state index in [1.165, 1.54) is 0 Å². The molecule has 2 N–H and O–H groups in total. The lowest BCUT2D eigenvalue weighted by Gasteiger charge is -2.25. The molecule has 0 bridgehead atoms. The van der Waals surface area contributed by atoms with Crippen LogP contribution in [0.4, 0.5) is 0 Å². The standard InChI is InChI=1S/C15H23ClN2O/c1-5-15(3,4)18-14(19)10-17-11(2)12-7-6-8-13(16)9-12/h6-9,11,17H,5,10H2,1-4H3,(H,18,19)/t11-/m0/s1. The highest BCUT2D eigenvalue weighted by Crippen LogP contribution is 2.17. The smallest absolute Gasteiger partial charge is 0.234 e. The number of halogens is 1. The molecule has 1 atom stereocenters. The van der Waals surface area contributed by atoms with Crippen LogP contribution in [0.5, 0.6) is 0 Å². The third kappa shape index (κ3) is 5.62. The fourth-order valence-corrected chi connectivity index (χ4v) is 1.85. The third-order valence-corrected chi connectivity index (χ3v) is 3.51. The SMILES string of the molecule is CCC(C)(C)NC(=O)CN[C@@H](C)c1cccc(Cl)c1. The van der Waals surface area contributed by atoms with Gasteiger partial charge >= 0.3 is 0 Å². The van der Waals surface area contributed by atoms with Crippen LogP contribution < -0.4 is 10.6 Å². The van der Waals surface area contributed by atoms with Gasteiger partial charge in [-0.05, 0) is 44.9 Å². The minimum absolute atomic E-state index is 0.0146. The molecule has 0 aliphatic carbocycles. The second kappa shape index (κ2) is 6.92. The summed E-state index contributed by atoms with van der Waals surface area (Å²) in [5, 5.41) is 6.91. The summed E-state index contributed by atoms with van der Waals surface area (Å²) in [5.74, 6) is 0.0146. The van der Waals surface area contributed by atoms with Crippen molar-refractivity contribution in [2.75, 3.05) is 6.54 Å². The highest BCUT2D eigenvalue weighted by Gasteiger charge is 2.17. The first-order valence-corrected chi connectivity index (χ1v) is 7.01. The van der Waals surface area contributed by atoms with Crippen molar-refractivity contribution in [3.63, 3.8) is 0 Å². The van der Waals surface area contributed by atoms with Gasteiger partial charge in [0.05, 0.1) is 6.54 Å². The molecule has 0 radical (unpaired) electrons. The first-order valence-electron chi connectivity index (χ1n) is 6.64. The average Bonchev–Trinajstić information content (AvgIpc) is 2.35. The zero-order chi connectivity index (χ0) is 14.5. The summed E-state index contributed by atoms with van der Waals surface area (Å²) < 4.78 is 0. The van der Waals surface area contributed by atoms with Gasteiger partial charge in [-0.2, -0.15) is 0 Å². The molecule has 19 heavy (non-hydrogen) atoms. The van der Waals surface area contributed by atoms with Crippen LogP contribution in [0.25, 0.3) is 0 Å². The van der Waals surface area contributed by atoms with Gasteiger partial charge in [0.25, 0.3) is 0 Å². The maximum atomic E-state index is 11.8. The summed E-state index contributed by atoms with van der Waals surface area (Å²) in [6.45, 7) is 8.42. The Morgan fingerprint density at radius 3 is 2.68 bits per heavy atom. The summed E-state index contributed by atoms with van der Waals surface area (Å²) in [6.07, 6.45) is 0.905. The van der Waals surface area contributed by atoms with Crippen LogP contribution in [0.2, 0.25) is 5.02 Å². The highest BCUT2D eigenvalue weighted by molar-refractivity contribution is 6.30. The molecule has 0 aliphatic rings. The van der Waals surface area contributed by atoms with E-state index >= 15 is 0 Å². The van der Waals surface area contributed by atoms with Crippen LogP contribution in [0.15, 0.2) is 24.3 Å². The van der Waals surface area contributed by atoms with Gasteiger partial charge in [0.2, 0.25) is 5.91 Å². The van der Waals surface area contributed by atoms with Crippen molar-refractivity contribution >= 4 is 17.5 Å². The van der Waals surface area contributed by atoms with E-state index in [2.05, 4.69) is 17.6 Å². The van der Waals surface area contributed by atoms with Crippen molar-refractivity contribution < 1.29 is 4.79 Å². The first-order chi connectivity index (χ1) is 8.84. The fraction of sp³-hybridized carbons (Fsp3) is 0.533. The third-order valence-electron chi connectivity index (χ3n) is 3.28. The Kier molecular flexibility index (Phi) is 5.83. The van der Waals surface area contributed by atoms with E-state index in [9.17, 15) is 4.79 Å². The van der Waals surface area contributed by atoms with Crippen molar-refractivity contribution in [3.8, 4) is 0 Å². The normalized spacial score (nSPS) is 13.1.